The van der Waals surface area contributed by atoms with Crippen molar-refractivity contribution < 1.29 is 14.7 Å². The number of anilines is 1. The lowest BCUT2D eigenvalue weighted by Crippen LogP contribution is -2.18. The van der Waals surface area contributed by atoms with Gasteiger partial charge < -0.3 is 10.4 Å². The number of carboxylic acid groups (broad SMARTS) is 1. The molecule has 6 heteroatoms. The average molecular weight is 237 g/mol. The molecule has 1 aromatic heterocycles. The van der Waals surface area contributed by atoms with E-state index < -0.39 is 23.2 Å². The number of aryl methyl sites for hydroxylation is 1. The summed E-state index contributed by atoms with van der Waals surface area (Å²) in [7, 11) is 1.75. The van der Waals surface area contributed by atoms with Gasteiger partial charge in [-0.05, 0) is 5.41 Å². The molecule has 1 saturated carbocycles. The Bertz CT molecular complexity index is 478. The summed E-state index contributed by atoms with van der Waals surface area (Å²) in [4.78, 5) is 22.8. The molecule has 1 aliphatic carbocycles. The Morgan fingerprint density at radius 1 is 1.47 bits per heavy atom. The van der Waals surface area contributed by atoms with E-state index >= 15 is 0 Å². The summed E-state index contributed by atoms with van der Waals surface area (Å²) < 4.78 is 1.57. The van der Waals surface area contributed by atoms with Crippen molar-refractivity contribution >= 4 is 17.7 Å². The lowest BCUT2D eigenvalue weighted by atomic mass is 10.1. The second kappa shape index (κ2) is 3.58. The molecule has 1 aliphatic rings. The van der Waals surface area contributed by atoms with Gasteiger partial charge in [-0.1, -0.05) is 13.8 Å². The van der Waals surface area contributed by atoms with E-state index in [1.807, 2.05) is 0 Å². The van der Waals surface area contributed by atoms with Crippen molar-refractivity contribution in [3.05, 3.63) is 12.3 Å². The minimum absolute atomic E-state index is 0.277. The van der Waals surface area contributed by atoms with Crippen molar-refractivity contribution in [3.8, 4) is 0 Å². The number of carbonyl (C=O) groups is 2. The Kier molecular flexibility index (Phi) is 2.45. The van der Waals surface area contributed by atoms with Crippen LogP contribution in [-0.4, -0.2) is 26.8 Å². The van der Waals surface area contributed by atoms with Gasteiger partial charge in [0.2, 0.25) is 5.91 Å². The van der Waals surface area contributed by atoms with Crippen molar-refractivity contribution in [3.63, 3.8) is 0 Å². The lowest BCUT2D eigenvalue weighted by molar-refractivity contribution is -0.140. The Morgan fingerprint density at radius 2 is 2.12 bits per heavy atom. The van der Waals surface area contributed by atoms with Crippen LogP contribution in [0.1, 0.15) is 13.8 Å². The van der Waals surface area contributed by atoms with Crippen LogP contribution in [0, 0.1) is 17.3 Å². The SMILES string of the molecule is Cn1ccc(NC(=O)[C@@H]2[C@H](C(=O)O)C2(C)C)n1. The predicted octanol–water partition coefficient (Wildman–Crippen LogP) is 0.715. The third-order valence-corrected chi connectivity index (χ3v) is 3.34. The molecule has 1 heterocycles. The zero-order valence-electron chi connectivity index (χ0n) is 9.97. The highest BCUT2D eigenvalue weighted by Gasteiger charge is 2.65. The molecular weight excluding hydrogens is 222 g/mol. The van der Waals surface area contributed by atoms with Gasteiger partial charge >= 0.3 is 5.97 Å². The molecule has 0 spiro atoms. The van der Waals surface area contributed by atoms with Gasteiger partial charge in [-0.15, -0.1) is 0 Å². The van der Waals surface area contributed by atoms with E-state index in [-0.39, 0.29) is 5.91 Å². The molecule has 0 unspecified atom stereocenters. The number of hydrogen-bond donors (Lipinski definition) is 2. The Hall–Kier alpha value is -1.85. The fourth-order valence-corrected chi connectivity index (χ4v) is 2.27. The summed E-state index contributed by atoms with van der Waals surface area (Å²) in [5, 5.41) is 15.6. The molecule has 17 heavy (non-hydrogen) atoms. The fraction of sp³-hybridized carbons (Fsp3) is 0.545. The predicted molar refractivity (Wildman–Crippen MR) is 60.2 cm³/mol. The van der Waals surface area contributed by atoms with Crippen LogP contribution < -0.4 is 5.32 Å². The van der Waals surface area contributed by atoms with Crippen LogP contribution in [0.3, 0.4) is 0 Å². The van der Waals surface area contributed by atoms with Crippen LogP contribution in [0.5, 0.6) is 0 Å². The van der Waals surface area contributed by atoms with Gasteiger partial charge in [0, 0.05) is 19.3 Å². The van der Waals surface area contributed by atoms with Crippen LogP contribution in [0.25, 0.3) is 0 Å². The highest BCUT2D eigenvalue weighted by molar-refractivity contribution is 5.99. The molecule has 1 fully saturated rings. The molecule has 1 amide bonds. The first-order valence-corrected chi connectivity index (χ1v) is 5.37. The van der Waals surface area contributed by atoms with Gasteiger partial charge in [-0.25, -0.2) is 0 Å². The second-order valence-electron chi connectivity index (χ2n) is 4.98. The maximum absolute atomic E-state index is 11.9. The number of nitrogens with one attached hydrogen (secondary N) is 1. The zero-order valence-corrected chi connectivity index (χ0v) is 9.97. The minimum atomic E-state index is -0.920. The summed E-state index contributed by atoms with van der Waals surface area (Å²) in [6, 6.07) is 1.67. The zero-order chi connectivity index (χ0) is 12.8. The normalized spacial score (nSPS) is 25.4. The molecule has 0 bridgehead atoms. The number of aromatic nitrogens is 2. The third-order valence-electron chi connectivity index (χ3n) is 3.34. The van der Waals surface area contributed by atoms with Crippen molar-refractivity contribution in [2.75, 3.05) is 5.32 Å². The first kappa shape index (κ1) is 11.6. The van der Waals surface area contributed by atoms with E-state index in [2.05, 4.69) is 10.4 Å². The topological polar surface area (TPSA) is 84.2 Å². The number of amides is 1. The molecule has 2 atom stereocenters. The maximum atomic E-state index is 11.9. The summed E-state index contributed by atoms with van der Waals surface area (Å²) in [6.45, 7) is 3.57. The second-order valence-corrected chi connectivity index (χ2v) is 4.98. The molecule has 0 aliphatic heterocycles. The van der Waals surface area contributed by atoms with Gasteiger partial charge in [-0.2, -0.15) is 5.10 Å². The van der Waals surface area contributed by atoms with E-state index in [0.29, 0.717) is 5.82 Å². The fourth-order valence-electron chi connectivity index (χ4n) is 2.27. The molecule has 0 radical (unpaired) electrons. The quantitative estimate of drug-likeness (QED) is 0.811. The standard InChI is InChI=1S/C11H15N3O3/c1-11(2)7(8(11)10(16)17)9(15)12-6-4-5-14(3)13-6/h4-5,7-8H,1-3H3,(H,16,17)(H,12,13,15)/t7-,8+/m0/s1. The average Bonchev–Trinajstić information content (AvgIpc) is 2.54. The van der Waals surface area contributed by atoms with Gasteiger partial charge in [0.15, 0.2) is 5.82 Å². The van der Waals surface area contributed by atoms with Gasteiger partial charge in [0.25, 0.3) is 0 Å². The summed E-state index contributed by atoms with van der Waals surface area (Å²) in [5.41, 5.74) is -0.481. The number of nitrogens with zero attached hydrogens (tertiary/aromatic N) is 2. The summed E-state index contributed by atoms with van der Waals surface area (Å²) >= 11 is 0. The summed E-state index contributed by atoms with van der Waals surface area (Å²) in [6.07, 6.45) is 1.71. The molecule has 92 valence electrons. The lowest BCUT2D eigenvalue weighted by Gasteiger charge is -2.02. The number of carboxylic acids is 1. The third kappa shape index (κ3) is 1.90. The highest BCUT2D eigenvalue weighted by Crippen LogP contribution is 2.58. The molecular formula is C11H15N3O3. The Morgan fingerprint density at radius 3 is 2.53 bits per heavy atom. The molecule has 0 aromatic carbocycles. The van der Waals surface area contributed by atoms with E-state index in [9.17, 15) is 9.59 Å². The van der Waals surface area contributed by atoms with Crippen molar-refractivity contribution in [1.29, 1.82) is 0 Å². The monoisotopic (exact) mass is 237 g/mol. The molecule has 1 aromatic rings. The van der Waals surface area contributed by atoms with E-state index in [0.717, 1.165) is 0 Å². The van der Waals surface area contributed by atoms with Crippen LogP contribution in [-0.2, 0) is 16.6 Å². The van der Waals surface area contributed by atoms with Crippen LogP contribution in [0.4, 0.5) is 5.82 Å². The smallest absolute Gasteiger partial charge is 0.307 e. The van der Waals surface area contributed by atoms with Gasteiger partial charge in [0.05, 0.1) is 11.8 Å². The first-order valence-electron chi connectivity index (χ1n) is 5.37. The van der Waals surface area contributed by atoms with Crippen molar-refractivity contribution in [1.82, 2.24) is 9.78 Å². The van der Waals surface area contributed by atoms with Crippen LogP contribution >= 0.6 is 0 Å². The number of aliphatic carboxylic acids is 1. The van der Waals surface area contributed by atoms with Crippen molar-refractivity contribution in [2.45, 2.75) is 13.8 Å². The largest absolute Gasteiger partial charge is 0.481 e. The number of rotatable bonds is 3. The van der Waals surface area contributed by atoms with Gasteiger partial charge in [-0.3, -0.25) is 14.3 Å². The summed E-state index contributed by atoms with van der Waals surface area (Å²) in [5.74, 6) is -1.84. The van der Waals surface area contributed by atoms with E-state index in [1.54, 1.807) is 37.8 Å². The number of carbonyl (C=O) groups excluding carboxylic acids is 1. The van der Waals surface area contributed by atoms with Gasteiger partial charge in [0.1, 0.15) is 0 Å². The molecule has 2 rings (SSSR count). The maximum Gasteiger partial charge on any atom is 0.307 e. The molecule has 6 nitrogen and oxygen atoms in total. The van der Waals surface area contributed by atoms with E-state index in [1.165, 1.54) is 0 Å². The number of hydrogen-bond acceptors (Lipinski definition) is 3. The molecule has 0 saturated heterocycles. The van der Waals surface area contributed by atoms with E-state index in [4.69, 9.17) is 5.11 Å². The Balaban J connectivity index is 2.05. The molecule has 2 N–H and O–H groups in total. The Labute approximate surface area is 98.6 Å². The minimum Gasteiger partial charge on any atom is -0.481 e. The van der Waals surface area contributed by atoms with Crippen LogP contribution in [0.15, 0.2) is 12.3 Å². The van der Waals surface area contributed by atoms with Crippen LogP contribution in [0.2, 0.25) is 0 Å². The highest BCUT2D eigenvalue weighted by atomic mass is 16.4. The van der Waals surface area contributed by atoms with Crippen molar-refractivity contribution in [2.24, 2.45) is 24.3 Å². The first-order chi connectivity index (χ1) is 7.84.